The van der Waals surface area contributed by atoms with Gasteiger partial charge >= 0.3 is 0 Å². The minimum absolute atomic E-state index is 0.0173. The van der Waals surface area contributed by atoms with E-state index in [4.69, 9.17) is 21.1 Å². The van der Waals surface area contributed by atoms with Crippen molar-refractivity contribution < 1.29 is 22.7 Å². The maximum atomic E-state index is 13.5. The van der Waals surface area contributed by atoms with E-state index in [0.29, 0.717) is 22.9 Å². The van der Waals surface area contributed by atoms with Crippen LogP contribution < -0.4 is 14.8 Å². The molecule has 0 aromatic heterocycles. The number of hydrogen-bond donors (Lipinski definition) is 1. The number of nitrogens with zero attached hydrogens (tertiary/aromatic N) is 1. The lowest BCUT2D eigenvalue weighted by molar-refractivity contribution is -0.121. The van der Waals surface area contributed by atoms with Crippen LogP contribution in [0.1, 0.15) is 11.1 Å². The predicted octanol–water partition coefficient (Wildman–Crippen LogP) is 3.91. The first kappa shape index (κ1) is 25.6. The van der Waals surface area contributed by atoms with Crippen molar-refractivity contribution in [1.29, 1.82) is 0 Å². The van der Waals surface area contributed by atoms with E-state index in [1.54, 1.807) is 24.3 Å². The number of halogens is 1. The third-order valence-electron chi connectivity index (χ3n) is 5.21. The lowest BCUT2D eigenvalue weighted by Gasteiger charge is -2.22. The van der Waals surface area contributed by atoms with Crippen LogP contribution in [-0.2, 0) is 27.8 Å². The van der Waals surface area contributed by atoms with Crippen molar-refractivity contribution in [3.63, 3.8) is 0 Å². The molecule has 0 fully saturated rings. The second-order valence-corrected chi connectivity index (χ2v) is 9.87. The van der Waals surface area contributed by atoms with Crippen molar-refractivity contribution in [3.8, 4) is 11.5 Å². The molecule has 0 aliphatic heterocycles. The third kappa shape index (κ3) is 6.72. The number of ether oxygens (including phenoxy) is 2. The van der Waals surface area contributed by atoms with E-state index in [9.17, 15) is 13.2 Å². The first-order chi connectivity index (χ1) is 16.3. The van der Waals surface area contributed by atoms with E-state index in [2.05, 4.69) is 5.32 Å². The van der Waals surface area contributed by atoms with Crippen molar-refractivity contribution >= 4 is 27.5 Å². The highest BCUT2D eigenvalue weighted by atomic mass is 35.5. The molecule has 3 rings (SSSR count). The molecule has 0 radical (unpaired) electrons. The number of amides is 1. The Labute approximate surface area is 205 Å². The van der Waals surface area contributed by atoms with Crippen molar-refractivity contribution in [2.45, 2.75) is 17.9 Å². The number of methoxy groups -OCH3 is 2. The fourth-order valence-electron chi connectivity index (χ4n) is 3.33. The molecule has 0 saturated carbocycles. The molecule has 3 aromatic rings. The SMILES string of the molecule is COc1ccc(S(=O)(=O)N(CCc2ccccc2)CC(=O)NCc2ccc(Cl)cc2)cc1OC. The normalized spacial score (nSPS) is 11.3. The smallest absolute Gasteiger partial charge is 0.243 e. The van der Waals surface area contributed by atoms with Gasteiger partial charge in [-0.05, 0) is 41.8 Å². The zero-order chi connectivity index (χ0) is 24.6. The Morgan fingerprint density at radius 2 is 1.59 bits per heavy atom. The van der Waals surface area contributed by atoms with Gasteiger partial charge in [0.05, 0.1) is 25.7 Å². The fraction of sp³-hybridized carbons (Fsp3) is 0.240. The van der Waals surface area contributed by atoms with Crippen LogP contribution in [0.3, 0.4) is 0 Å². The average molecular weight is 503 g/mol. The summed E-state index contributed by atoms with van der Waals surface area (Å²) in [6.45, 7) is 0.0745. The molecule has 3 aromatic carbocycles. The molecule has 0 heterocycles. The largest absolute Gasteiger partial charge is 0.493 e. The van der Waals surface area contributed by atoms with Gasteiger partial charge in [-0.15, -0.1) is 0 Å². The molecule has 0 spiro atoms. The minimum atomic E-state index is -3.99. The molecule has 34 heavy (non-hydrogen) atoms. The molecule has 0 saturated heterocycles. The topological polar surface area (TPSA) is 84.9 Å². The maximum Gasteiger partial charge on any atom is 0.243 e. The van der Waals surface area contributed by atoms with Gasteiger partial charge in [0.1, 0.15) is 0 Å². The summed E-state index contributed by atoms with van der Waals surface area (Å²) in [5.41, 5.74) is 1.83. The summed E-state index contributed by atoms with van der Waals surface area (Å²) in [4.78, 5) is 12.7. The van der Waals surface area contributed by atoms with E-state index < -0.39 is 15.9 Å². The van der Waals surface area contributed by atoms with Gasteiger partial charge in [0, 0.05) is 24.2 Å². The number of benzene rings is 3. The summed E-state index contributed by atoms with van der Waals surface area (Å²) in [6.07, 6.45) is 0.456. The predicted molar refractivity (Wildman–Crippen MR) is 132 cm³/mol. The molecular weight excluding hydrogens is 476 g/mol. The van der Waals surface area contributed by atoms with Gasteiger partial charge < -0.3 is 14.8 Å². The highest BCUT2D eigenvalue weighted by Gasteiger charge is 2.27. The van der Waals surface area contributed by atoms with Crippen LogP contribution in [0.5, 0.6) is 11.5 Å². The van der Waals surface area contributed by atoms with Crippen LogP contribution in [0.2, 0.25) is 5.02 Å². The fourth-order valence-corrected chi connectivity index (χ4v) is 4.87. The van der Waals surface area contributed by atoms with Crippen LogP contribution in [0, 0.1) is 0 Å². The molecule has 0 aliphatic carbocycles. The van der Waals surface area contributed by atoms with Crippen molar-refractivity contribution in [1.82, 2.24) is 9.62 Å². The van der Waals surface area contributed by atoms with Gasteiger partial charge in [0.25, 0.3) is 0 Å². The summed E-state index contributed by atoms with van der Waals surface area (Å²) in [5, 5.41) is 3.38. The Kier molecular flexibility index (Phi) is 8.92. The monoisotopic (exact) mass is 502 g/mol. The first-order valence-electron chi connectivity index (χ1n) is 10.6. The van der Waals surface area contributed by atoms with Gasteiger partial charge in [-0.2, -0.15) is 4.31 Å². The van der Waals surface area contributed by atoms with Gasteiger partial charge in [-0.1, -0.05) is 54.1 Å². The molecule has 7 nitrogen and oxygen atoms in total. The minimum Gasteiger partial charge on any atom is -0.493 e. The Balaban J connectivity index is 1.80. The Hall–Kier alpha value is -3.07. The Morgan fingerprint density at radius 1 is 0.912 bits per heavy atom. The zero-order valence-electron chi connectivity index (χ0n) is 19.0. The van der Waals surface area contributed by atoms with Crippen molar-refractivity contribution in [2.24, 2.45) is 0 Å². The molecule has 0 aliphatic rings. The van der Waals surface area contributed by atoms with Crippen LogP contribution >= 0.6 is 11.6 Å². The summed E-state index contributed by atoms with van der Waals surface area (Å²) in [7, 11) is -1.08. The summed E-state index contributed by atoms with van der Waals surface area (Å²) in [5.74, 6) is 0.295. The highest BCUT2D eigenvalue weighted by molar-refractivity contribution is 7.89. The number of sulfonamides is 1. The average Bonchev–Trinajstić information content (AvgIpc) is 2.86. The second kappa shape index (κ2) is 11.9. The van der Waals surface area contributed by atoms with Gasteiger partial charge in [-0.3, -0.25) is 4.79 Å². The van der Waals surface area contributed by atoms with E-state index in [0.717, 1.165) is 11.1 Å². The molecule has 0 atom stereocenters. The van der Waals surface area contributed by atoms with E-state index >= 15 is 0 Å². The van der Waals surface area contributed by atoms with E-state index in [-0.39, 0.29) is 24.5 Å². The molecule has 0 bridgehead atoms. The standard InChI is InChI=1S/C25H27ClN2O5S/c1-32-23-13-12-22(16-24(23)33-2)34(30,31)28(15-14-19-6-4-3-5-7-19)18-25(29)27-17-20-8-10-21(26)11-9-20/h3-13,16H,14-15,17-18H2,1-2H3,(H,27,29). The Morgan fingerprint density at radius 3 is 2.24 bits per heavy atom. The quantitative estimate of drug-likeness (QED) is 0.430. The Bertz CT molecular complexity index is 1200. The van der Waals surface area contributed by atoms with E-state index in [1.165, 1.54) is 36.7 Å². The molecule has 9 heteroatoms. The van der Waals surface area contributed by atoms with Gasteiger partial charge in [-0.25, -0.2) is 8.42 Å². The van der Waals surface area contributed by atoms with Crippen LogP contribution in [-0.4, -0.2) is 45.9 Å². The third-order valence-corrected chi connectivity index (χ3v) is 7.30. The summed E-state index contributed by atoms with van der Waals surface area (Å²) < 4.78 is 38.7. The molecule has 180 valence electrons. The summed E-state index contributed by atoms with van der Waals surface area (Å²) >= 11 is 5.90. The van der Waals surface area contributed by atoms with Crippen LogP contribution in [0.4, 0.5) is 0 Å². The van der Waals surface area contributed by atoms with Gasteiger partial charge in [0.2, 0.25) is 15.9 Å². The zero-order valence-corrected chi connectivity index (χ0v) is 20.6. The van der Waals surface area contributed by atoms with Crippen molar-refractivity contribution in [2.75, 3.05) is 27.3 Å². The molecular formula is C25H27ClN2O5S. The molecule has 0 unspecified atom stereocenters. The van der Waals surface area contributed by atoms with Crippen LogP contribution in [0.15, 0.2) is 77.7 Å². The molecule has 1 N–H and O–H groups in total. The number of hydrogen-bond acceptors (Lipinski definition) is 5. The van der Waals surface area contributed by atoms with Crippen LogP contribution in [0.25, 0.3) is 0 Å². The number of carbonyl (C=O) groups excluding carboxylic acids is 1. The lowest BCUT2D eigenvalue weighted by atomic mass is 10.1. The highest BCUT2D eigenvalue weighted by Crippen LogP contribution is 2.30. The van der Waals surface area contributed by atoms with E-state index in [1.807, 2.05) is 30.3 Å². The number of rotatable bonds is 11. The summed E-state index contributed by atoms with van der Waals surface area (Å²) in [6, 6.07) is 21.0. The van der Waals surface area contributed by atoms with Gasteiger partial charge in [0.15, 0.2) is 11.5 Å². The number of nitrogens with one attached hydrogen (secondary N) is 1. The second-order valence-electron chi connectivity index (χ2n) is 7.49. The first-order valence-corrected chi connectivity index (χ1v) is 12.4. The lowest BCUT2D eigenvalue weighted by Crippen LogP contribution is -2.41. The number of carbonyl (C=O) groups is 1. The maximum absolute atomic E-state index is 13.5. The van der Waals surface area contributed by atoms with Crippen molar-refractivity contribution in [3.05, 3.63) is 88.9 Å². The molecule has 1 amide bonds.